The fourth-order valence-electron chi connectivity index (χ4n) is 2.57. The van der Waals surface area contributed by atoms with Crippen molar-refractivity contribution in [1.29, 1.82) is 0 Å². The molecule has 27 heavy (non-hydrogen) atoms. The fraction of sp³-hybridized carbons (Fsp3) is 0.150. The molecular formula is C20H17ClN2O4. The first-order valence-corrected chi connectivity index (χ1v) is 8.68. The molecule has 1 aromatic heterocycles. The van der Waals surface area contributed by atoms with Gasteiger partial charge >= 0.3 is 5.97 Å². The Morgan fingerprint density at radius 2 is 1.85 bits per heavy atom. The molecule has 1 N–H and O–H groups in total. The van der Waals surface area contributed by atoms with Crippen molar-refractivity contribution in [3.8, 4) is 11.3 Å². The van der Waals surface area contributed by atoms with E-state index in [1.807, 2.05) is 19.1 Å². The van der Waals surface area contributed by atoms with Gasteiger partial charge in [-0.25, -0.2) is 4.79 Å². The maximum Gasteiger partial charge on any atom is 0.346 e. The number of amides is 1. The van der Waals surface area contributed by atoms with Crippen molar-refractivity contribution in [3.05, 3.63) is 70.2 Å². The van der Waals surface area contributed by atoms with Crippen LogP contribution in [0.5, 0.6) is 0 Å². The lowest BCUT2D eigenvalue weighted by Gasteiger charge is -2.07. The number of halogens is 1. The van der Waals surface area contributed by atoms with Gasteiger partial charge in [0.1, 0.15) is 5.69 Å². The SMILES string of the molecule is CCOC(=O)c1c(-c2ccc(Cl)cc2)noc1NC(=O)c1ccccc1C. The van der Waals surface area contributed by atoms with Crippen molar-refractivity contribution in [1.82, 2.24) is 5.16 Å². The van der Waals surface area contributed by atoms with Crippen LogP contribution in [0.3, 0.4) is 0 Å². The summed E-state index contributed by atoms with van der Waals surface area (Å²) in [5, 5.41) is 7.12. The summed E-state index contributed by atoms with van der Waals surface area (Å²) in [4.78, 5) is 25.1. The fourth-order valence-corrected chi connectivity index (χ4v) is 2.70. The molecule has 2 aromatic carbocycles. The number of rotatable bonds is 5. The predicted molar refractivity (Wildman–Crippen MR) is 102 cm³/mol. The Balaban J connectivity index is 2.00. The molecule has 1 amide bonds. The minimum atomic E-state index is -0.635. The van der Waals surface area contributed by atoms with Crippen LogP contribution < -0.4 is 5.32 Å². The van der Waals surface area contributed by atoms with Gasteiger partial charge in [0.2, 0.25) is 5.88 Å². The molecule has 0 atom stereocenters. The summed E-state index contributed by atoms with van der Waals surface area (Å²) in [7, 11) is 0. The number of ether oxygens (including phenoxy) is 1. The number of benzene rings is 2. The van der Waals surface area contributed by atoms with Gasteiger partial charge in [-0.2, -0.15) is 0 Å². The summed E-state index contributed by atoms with van der Waals surface area (Å²) >= 11 is 5.92. The first-order chi connectivity index (χ1) is 13.0. The number of nitrogens with one attached hydrogen (secondary N) is 1. The van der Waals surface area contributed by atoms with Gasteiger partial charge in [0.25, 0.3) is 5.91 Å². The van der Waals surface area contributed by atoms with Crippen LogP contribution in [0.2, 0.25) is 5.02 Å². The zero-order valence-electron chi connectivity index (χ0n) is 14.8. The Bertz CT molecular complexity index is 980. The second kappa shape index (κ2) is 8.05. The lowest BCUT2D eigenvalue weighted by atomic mass is 10.1. The summed E-state index contributed by atoms with van der Waals surface area (Å²) in [6, 6.07) is 13.9. The van der Waals surface area contributed by atoms with Crippen LogP contribution in [0.1, 0.15) is 33.2 Å². The molecule has 0 aliphatic carbocycles. The molecule has 0 aliphatic heterocycles. The van der Waals surface area contributed by atoms with Crippen LogP contribution in [-0.2, 0) is 4.74 Å². The standard InChI is InChI=1S/C20H17ClN2O4/c1-3-26-20(25)16-17(13-8-10-14(21)11-9-13)23-27-19(16)22-18(24)15-7-5-4-6-12(15)2/h4-11H,3H2,1-2H3,(H,22,24). The molecule has 6 nitrogen and oxygen atoms in total. The molecular weight excluding hydrogens is 368 g/mol. The van der Waals surface area contributed by atoms with E-state index in [9.17, 15) is 9.59 Å². The van der Waals surface area contributed by atoms with Gasteiger partial charge in [-0.1, -0.05) is 47.1 Å². The Morgan fingerprint density at radius 1 is 1.15 bits per heavy atom. The predicted octanol–water partition coefficient (Wildman–Crippen LogP) is 4.73. The lowest BCUT2D eigenvalue weighted by molar-refractivity contribution is 0.0528. The van der Waals surface area contributed by atoms with Crippen molar-refractivity contribution in [3.63, 3.8) is 0 Å². The van der Waals surface area contributed by atoms with Crippen LogP contribution in [0.25, 0.3) is 11.3 Å². The van der Waals surface area contributed by atoms with Crippen LogP contribution in [0.15, 0.2) is 53.1 Å². The first-order valence-electron chi connectivity index (χ1n) is 8.31. The maximum absolute atomic E-state index is 12.6. The lowest BCUT2D eigenvalue weighted by Crippen LogP contribution is -2.16. The highest BCUT2D eigenvalue weighted by molar-refractivity contribution is 6.30. The van der Waals surface area contributed by atoms with E-state index in [0.29, 0.717) is 16.1 Å². The zero-order valence-corrected chi connectivity index (χ0v) is 15.5. The van der Waals surface area contributed by atoms with E-state index in [-0.39, 0.29) is 23.7 Å². The van der Waals surface area contributed by atoms with E-state index in [0.717, 1.165) is 5.56 Å². The van der Waals surface area contributed by atoms with Crippen LogP contribution >= 0.6 is 11.6 Å². The van der Waals surface area contributed by atoms with E-state index < -0.39 is 11.9 Å². The quantitative estimate of drug-likeness (QED) is 0.643. The molecule has 3 aromatic rings. The Morgan fingerprint density at radius 3 is 2.52 bits per heavy atom. The minimum Gasteiger partial charge on any atom is -0.462 e. The molecule has 0 unspecified atom stereocenters. The number of aromatic nitrogens is 1. The second-order valence-corrected chi connectivity index (χ2v) is 6.17. The van der Waals surface area contributed by atoms with E-state index in [4.69, 9.17) is 20.9 Å². The average Bonchev–Trinajstić information content (AvgIpc) is 3.06. The summed E-state index contributed by atoms with van der Waals surface area (Å²) < 4.78 is 10.4. The van der Waals surface area contributed by atoms with Gasteiger partial charge in [0.05, 0.1) is 6.61 Å². The third-order valence-electron chi connectivity index (χ3n) is 3.91. The molecule has 138 valence electrons. The topological polar surface area (TPSA) is 81.4 Å². The monoisotopic (exact) mass is 384 g/mol. The van der Waals surface area contributed by atoms with E-state index in [1.165, 1.54) is 0 Å². The molecule has 7 heteroatoms. The van der Waals surface area contributed by atoms with Crippen LogP contribution in [-0.4, -0.2) is 23.6 Å². The van der Waals surface area contributed by atoms with E-state index in [1.54, 1.807) is 43.3 Å². The van der Waals surface area contributed by atoms with Crippen LogP contribution in [0, 0.1) is 6.92 Å². The van der Waals surface area contributed by atoms with Gasteiger partial charge in [-0.3, -0.25) is 10.1 Å². The smallest absolute Gasteiger partial charge is 0.346 e. The number of carbonyl (C=O) groups is 2. The van der Waals surface area contributed by atoms with Gasteiger partial charge in [-0.05, 0) is 37.6 Å². The van der Waals surface area contributed by atoms with Gasteiger partial charge in [-0.15, -0.1) is 0 Å². The zero-order chi connectivity index (χ0) is 19.4. The van der Waals surface area contributed by atoms with Gasteiger partial charge < -0.3 is 9.26 Å². The molecule has 0 radical (unpaired) electrons. The summed E-state index contributed by atoms with van der Waals surface area (Å²) in [5.74, 6) is -1.10. The average molecular weight is 385 g/mol. The number of nitrogens with zero attached hydrogens (tertiary/aromatic N) is 1. The Kier molecular flexibility index (Phi) is 5.57. The number of hydrogen-bond acceptors (Lipinski definition) is 5. The number of anilines is 1. The number of aryl methyl sites for hydroxylation is 1. The molecule has 0 fully saturated rings. The van der Waals surface area contributed by atoms with E-state index >= 15 is 0 Å². The molecule has 0 spiro atoms. The van der Waals surface area contributed by atoms with Crippen molar-refractivity contribution in [2.45, 2.75) is 13.8 Å². The Labute approximate surface area is 161 Å². The molecule has 0 saturated carbocycles. The Hall–Kier alpha value is -3.12. The maximum atomic E-state index is 12.6. The number of esters is 1. The van der Waals surface area contributed by atoms with Crippen molar-refractivity contribution < 1.29 is 18.8 Å². The normalized spacial score (nSPS) is 10.5. The summed E-state index contributed by atoms with van der Waals surface area (Å²) in [6.45, 7) is 3.69. The molecule has 0 bridgehead atoms. The summed E-state index contributed by atoms with van der Waals surface area (Å²) in [5.41, 5.74) is 2.20. The van der Waals surface area contributed by atoms with E-state index in [2.05, 4.69) is 10.5 Å². The molecule has 0 saturated heterocycles. The van der Waals surface area contributed by atoms with Gasteiger partial charge in [0.15, 0.2) is 5.56 Å². The minimum absolute atomic E-state index is 0.0566. The van der Waals surface area contributed by atoms with Crippen molar-refractivity contribution in [2.24, 2.45) is 0 Å². The molecule has 1 heterocycles. The van der Waals surface area contributed by atoms with Crippen molar-refractivity contribution in [2.75, 3.05) is 11.9 Å². The third-order valence-corrected chi connectivity index (χ3v) is 4.16. The first kappa shape index (κ1) is 18.7. The third kappa shape index (κ3) is 4.01. The van der Waals surface area contributed by atoms with Crippen LogP contribution in [0.4, 0.5) is 5.88 Å². The highest BCUT2D eigenvalue weighted by Gasteiger charge is 2.27. The molecule has 3 rings (SSSR count). The molecule has 0 aliphatic rings. The van der Waals surface area contributed by atoms with Gasteiger partial charge in [0, 0.05) is 16.1 Å². The summed E-state index contributed by atoms with van der Waals surface area (Å²) in [6.07, 6.45) is 0. The number of carbonyl (C=O) groups excluding carboxylic acids is 2. The second-order valence-electron chi connectivity index (χ2n) is 5.73. The number of hydrogen-bond donors (Lipinski definition) is 1. The largest absolute Gasteiger partial charge is 0.462 e. The highest BCUT2D eigenvalue weighted by atomic mass is 35.5. The van der Waals surface area contributed by atoms with Crippen molar-refractivity contribution >= 4 is 29.4 Å². The highest BCUT2D eigenvalue weighted by Crippen LogP contribution is 2.31.